The van der Waals surface area contributed by atoms with Gasteiger partial charge in [-0.05, 0) is 18.2 Å². The van der Waals surface area contributed by atoms with Crippen molar-refractivity contribution < 1.29 is 19.0 Å². The maximum absolute atomic E-state index is 12.3. The molecular formula is C17H16N2O4. The minimum Gasteiger partial charge on any atom is -0.493 e. The maximum Gasteiger partial charge on any atom is 0.344 e. The molecule has 0 N–H and O–H groups in total. The predicted octanol–water partition coefficient (Wildman–Crippen LogP) is 2.83. The van der Waals surface area contributed by atoms with Crippen LogP contribution in [0, 0.1) is 0 Å². The van der Waals surface area contributed by atoms with Crippen LogP contribution in [0.3, 0.4) is 0 Å². The van der Waals surface area contributed by atoms with E-state index in [1.165, 1.54) is 21.3 Å². The molecule has 2 aromatic carbocycles. The minimum absolute atomic E-state index is 0.266. The highest BCUT2D eigenvalue weighted by molar-refractivity contribution is 5.98. The summed E-state index contributed by atoms with van der Waals surface area (Å²) in [5.41, 5.74) is 1.66. The Balaban J connectivity index is 2.27. The molecule has 6 nitrogen and oxygen atoms in total. The summed E-state index contributed by atoms with van der Waals surface area (Å²) in [5.74, 6) is 0.250. The number of hydrogen-bond acceptors (Lipinski definition) is 5. The Kier molecular flexibility index (Phi) is 3.89. The molecule has 0 aliphatic carbocycles. The van der Waals surface area contributed by atoms with Gasteiger partial charge in [-0.2, -0.15) is 5.10 Å². The number of aromatic nitrogens is 2. The van der Waals surface area contributed by atoms with Crippen LogP contribution < -0.4 is 9.47 Å². The molecular weight excluding hydrogens is 296 g/mol. The SMILES string of the molecule is COC(=O)c1c(-n2cc3ccccc3n2)ccc(OC)c1OC. The van der Waals surface area contributed by atoms with Crippen LogP contribution in [0.1, 0.15) is 10.4 Å². The molecule has 3 aromatic rings. The standard InChI is InChI=1S/C17H16N2O4/c1-21-14-9-8-13(15(16(14)22-2)17(20)23-3)19-10-11-6-4-5-7-12(11)18-19/h4-10H,1-3H3. The molecule has 1 heterocycles. The quantitative estimate of drug-likeness (QED) is 0.693. The maximum atomic E-state index is 12.3. The second kappa shape index (κ2) is 6.00. The van der Waals surface area contributed by atoms with E-state index in [0.29, 0.717) is 17.2 Å². The summed E-state index contributed by atoms with van der Waals surface area (Å²) in [6.45, 7) is 0. The number of methoxy groups -OCH3 is 3. The first-order chi connectivity index (χ1) is 11.2. The predicted molar refractivity (Wildman–Crippen MR) is 85.5 cm³/mol. The zero-order valence-electron chi connectivity index (χ0n) is 13.1. The van der Waals surface area contributed by atoms with Crippen LogP contribution in [0.2, 0.25) is 0 Å². The molecule has 0 saturated carbocycles. The van der Waals surface area contributed by atoms with Crippen LogP contribution >= 0.6 is 0 Å². The number of carbonyl (C=O) groups is 1. The Labute approximate surface area is 133 Å². The van der Waals surface area contributed by atoms with Gasteiger partial charge < -0.3 is 14.2 Å². The Morgan fingerprint density at radius 2 is 1.83 bits per heavy atom. The van der Waals surface area contributed by atoms with Gasteiger partial charge in [0.15, 0.2) is 11.5 Å². The van der Waals surface area contributed by atoms with E-state index in [4.69, 9.17) is 14.2 Å². The van der Waals surface area contributed by atoms with Gasteiger partial charge in [0.25, 0.3) is 0 Å². The van der Waals surface area contributed by atoms with Crippen molar-refractivity contribution in [2.75, 3.05) is 21.3 Å². The normalized spacial score (nSPS) is 10.6. The molecule has 0 radical (unpaired) electrons. The molecule has 0 bridgehead atoms. The van der Waals surface area contributed by atoms with Gasteiger partial charge in [0.1, 0.15) is 5.56 Å². The van der Waals surface area contributed by atoms with E-state index in [9.17, 15) is 4.79 Å². The number of hydrogen-bond donors (Lipinski definition) is 0. The first-order valence-electron chi connectivity index (χ1n) is 6.97. The lowest BCUT2D eigenvalue weighted by atomic mass is 10.1. The molecule has 0 spiro atoms. The first kappa shape index (κ1) is 14.9. The largest absolute Gasteiger partial charge is 0.493 e. The molecule has 23 heavy (non-hydrogen) atoms. The van der Waals surface area contributed by atoms with E-state index in [-0.39, 0.29) is 5.56 Å². The van der Waals surface area contributed by atoms with Gasteiger partial charge in [-0.15, -0.1) is 0 Å². The molecule has 3 rings (SSSR count). The van der Waals surface area contributed by atoms with Crippen LogP contribution in [0.5, 0.6) is 11.5 Å². The summed E-state index contributed by atoms with van der Waals surface area (Å²) < 4.78 is 17.2. The molecule has 1 aromatic heterocycles. The van der Waals surface area contributed by atoms with Crippen molar-refractivity contribution >= 4 is 16.9 Å². The van der Waals surface area contributed by atoms with Crippen molar-refractivity contribution in [3.8, 4) is 17.2 Å². The zero-order chi connectivity index (χ0) is 16.4. The van der Waals surface area contributed by atoms with Crippen molar-refractivity contribution in [3.63, 3.8) is 0 Å². The van der Waals surface area contributed by atoms with Gasteiger partial charge in [-0.3, -0.25) is 0 Å². The van der Waals surface area contributed by atoms with Gasteiger partial charge in [0.05, 0.1) is 32.5 Å². The van der Waals surface area contributed by atoms with Crippen LogP contribution in [0.25, 0.3) is 16.6 Å². The lowest BCUT2D eigenvalue weighted by Crippen LogP contribution is -2.11. The lowest BCUT2D eigenvalue weighted by Gasteiger charge is -2.15. The Hall–Kier alpha value is -3.02. The molecule has 0 amide bonds. The molecule has 0 aliphatic rings. The van der Waals surface area contributed by atoms with E-state index in [0.717, 1.165) is 10.9 Å². The Bertz CT molecular complexity index is 837. The van der Waals surface area contributed by atoms with Gasteiger partial charge in [0.2, 0.25) is 0 Å². The topological polar surface area (TPSA) is 62.6 Å². The summed E-state index contributed by atoms with van der Waals surface area (Å²) in [6.07, 6.45) is 1.85. The molecule has 0 saturated heterocycles. The third kappa shape index (κ3) is 2.48. The number of rotatable bonds is 4. The van der Waals surface area contributed by atoms with Gasteiger partial charge >= 0.3 is 5.97 Å². The molecule has 0 atom stereocenters. The molecule has 6 heteroatoms. The number of benzene rings is 2. The summed E-state index contributed by atoms with van der Waals surface area (Å²) >= 11 is 0. The van der Waals surface area contributed by atoms with E-state index in [1.54, 1.807) is 16.8 Å². The Morgan fingerprint density at radius 3 is 2.48 bits per heavy atom. The van der Waals surface area contributed by atoms with Crippen molar-refractivity contribution in [1.29, 1.82) is 0 Å². The minimum atomic E-state index is -0.518. The summed E-state index contributed by atoms with van der Waals surface area (Å²) in [4.78, 5) is 12.3. The van der Waals surface area contributed by atoms with Crippen LogP contribution in [-0.4, -0.2) is 37.1 Å². The molecule has 0 aliphatic heterocycles. The van der Waals surface area contributed by atoms with E-state index in [2.05, 4.69) is 5.10 Å². The summed E-state index contributed by atoms with van der Waals surface area (Å²) in [7, 11) is 4.32. The van der Waals surface area contributed by atoms with Crippen molar-refractivity contribution in [1.82, 2.24) is 9.78 Å². The third-order valence-electron chi connectivity index (χ3n) is 3.57. The van der Waals surface area contributed by atoms with Crippen LogP contribution in [0.4, 0.5) is 0 Å². The van der Waals surface area contributed by atoms with E-state index >= 15 is 0 Å². The number of ether oxygens (including phenoxy) is 3. The summed E-state index contributed by atoms with van der Waals surface area (Å²) in [6, 6.07) is 11.2. The van der Waals surface area contributed by atoms with Gasteiger partial charge in [-0.25, -0.2) is 9.48 Å². The molecule has 118 valence electrons. The molecule has 0 unspecified atom stereocenters. The number of carbonyl (C=O) groups excluding carboxylic acids is 1. The lowest BCUT2D eigenvalue weighted by molar-refractivity contribution is 0.0596. The summed E-state index contributed by atoms with van der Waals surface area (Å²) in [5, 5.41) is 5.47. The van der Waals surface area contributed by atoms with Crippen molar-refractivity contribution in [3.05, 3.63) is 48.2 Å². The molecule has 0 fully saturated rings. The zero-order valence-corrected chi connectivity index (χ0v) is 13.1. The van der Waals surface area contributed by atoms with Crippen LogP contribution in [-0.2, 0) is 4.74 Å². The second-order valence-corrected chi connectivity index (χ2v) is 4.82. The number of nitrogens with zero attached hydrogens (tertiary/aromatic N) is 2. The fraction of sp³-hybridized carbons (Fsp3) is 0.176. The van der Waals surface area contributed by atoms with E-state index in [1.807, 2.05) is 30.5 Å². The smallest absolute Gasteiger partial charge is 0.344 e. The third-order valence-corrected chi connectivity index (χ3v) is 3.57. The van der Waals surface area contributed by atoms with Gasteiger partial charge in [-0.1, -0.05) is 18.2 Å². The van der Waals surface area contributed by atoms with Gasteiger partial charge in [0, 0.05) is 11.6 Å². The fourth-order valence-electron chi connectivity index (χ4n) is 2.49. The highest BCUT2D eigenvalue weighted by atomic mass is 16.5. The van der Waals surface area contributed by atoms with Crippen molar-refractivity contribution in [2.45, 2.75) is 0 Å². The number of esters is 1. The average molecular weight is 312 g/mol. The monoisotopic (exact) mass is 312 g/mol. The second-order valence-electron chi connectivity index (χ2n) is 4.82. The average Bonchev–Trinajstić information content (AvgIpc) is 3.03. The van der Waals surface area contributed by atoms with Crippen LogP contribution in [0.15, 0.2) is 42.6 Å². The highest BCUT2D eigenvalue weighted by Crippen LogP contribution is 2.35. The van der Waals surface area contributed by atoms with E-state index < -0.39 is 5.97 Å². The van der Waals surface area contributed by atoms with Crippen molar-refractivity contribution in [2.24, 2.45) is 0 Å². The number of fused-ring (bicyclic) bond motifs is 1. The highest BCUT2D eigenvalue weighted by Gasteiger charge is 2.23. The fourth-order valence-corrected chi connectivity index (χ4v) is 2.49. The first-order valence-corrected chi connectivity index (χ1v) is 6.97. The Morgan fingerprint density at radius 1 is 1.04 bits per heavy atom.